The van der Waals surface area contributed by atoms with Gasteiger partial charge in [0.1, 0.15) is 0 Å². The van der Waals surface area contributed by atoms with Crippen LogP contribution in [0.5, 0.6) is 0 Å². The van der Waals surface area contributed by atoms with Gasteiger partial charge >= 0.3 is 0 Å². The summed E-state index contributed by atoms with van der Waals surface area (Å²) in [5.41, 5.74) is 2.56. The summed E-state index contributed by atoms with van der Waals surface area (Å²) >= 11 is 9.62. The average molecular weight is 345 g/mol. The Morgan fingerprint density at radius 3 is 2.79 bits per heavy atom. The molecule has 0 radical (unpaired) electrons. The monoisotopic (exact) mass is 343 g/mol. The predicted octanol–water partition coefficient (Wildman–Crippen LogP) is 5.45. The molecule has 1 aromatic carbocycles. The van der Waals surface area contributed by atoms with Gasteiger partial charge in [0.2, 0.25) is 0 Å². The Kier molecular flexibility index (Phi) is 5.58. The summed E-state index contributed by atoms with van der Waals surface area (Å²) in [6.45, 7) is 7.03. The first kappa shape index (κ1) is 15.2. The zero-order valence-electron chi connectivity index (χ0n) is 11.8. The van der Waals surface area contributed by atoms with E-state index in [9.17, 15) is 0 Å². The van der Waals surface area contributed by atoms with Crippen LogP contribution in [0.2, 0.25) is 0 Å². The highest BCUT2D eigenvalue weighted by Gasteiger charge is 2.20. The van der Waals surface area contributed by atoms with Gasteiger partial charge in [-0.1, -0.05) is 29.8 Å². The van der Waals surface area contributed by atoms with Gasteiger partial charge in [-0.2, -0.15) is 0 Å². The number of nitrogens with zero attached hydrogens (tertiary/aromatic N) is 1. The second-order valence-electron chi connectivity index (χ2n) is 5.83. The Morgan fingerprint density at radius 1 is 1.32 bits per heavy atom. The van der Waals surface area contributed by atoms with Crippen LogP contribution in [0.1, 0.15) is 38.7 Å². The number of hydrogen-bond acceptors (Lipinski definition) is 1. The molecule has 19 heavy (non-hydrogen) atoms. The van der Waals surface area contributed by atoms with Gasteiger partial charge in [-0.3, -0.25) is 0 Å². The van der Waals surface area contributed by atoms with Crippen LogP contribution in [0, 0.1) is 11.8 Å². The minimum Gasteiger partial charge on any atom is -0.371 e. The Morgan fingerprint density at radius 2 is 2.11 bits per heavy atom. The van der Waals surface area contributed by atoms with Gasteiger partial charge in [-0.15, -0.1) is 11.6 Å². The number of anilines is 1. The highest BCUT2D eigenvalue weighted by Crippen LogP contribution is 2.31. The maximum absolute atomic E-state index is 6.10. The Balaban J connectivity index is 2.14. The molecule has 1 unspecified atom stereocenters. The third-order valence-electron chi connectivity index (χ3n) is 4.24. The second kappa shape index (κ2) is 6.99. The van der Waals surface area contributed by atoms with Gasteiger partial charge < -0.3 is 4.90 Å². The van der Waals surface area contributed by atoms with Crippen LogP contribution in [0.15, 0.2) is 22.7 Å². The molecule has 0 bridgehead atoms. The van der Waals surface area contributed by atoms with E-state index in [1.807, 2.05) is 0 Å². The normalized spacial score (nSPS) is 20.7. The quantitative estimate of drug-likeness (QED) is 0.659. The van der Waals surface area contributed by atoms with Gasteiger partial charge in [-0.05, 0) is 54.9 Å². The Hall–Kier alpha value is -0.210. The van der Waals surface area contributed by atoms with Crippen molar-refractivity contribution in [3.8, 4) is 0 Å². The molecule has 0 amide bonds. The summed E-state index contributed by atoms with van der Waals surface area (Å²) in [6.07, 6.45) is 3.96. The van der Waals surface area contributed by atoms with Crippen LogP contribution >= 0.6 is 27.5 Å². The van der Waals surface area contributed by atoms with Crippen LogP contribution in [-0.4, -0.2) is 13.1 Å². The average Bonchev–Trinajstić information content (AvgIpc) is 2.64. The zero-order valence-corrected chi connectivity index (χ0v) is 14.2. The van der Waals surface area contributed by atoms with E-state index in [-0.39, 0.29) is 0 Å². The van der Waals surface area contributed by atoms with Crippen molar-refractivity contribution in [1.29, 1.82) is 0 Å². The molecule has 1 atom stereocenters. The molecule has 0 aromatic heterocycles. The van der Waals surface area contributed by atoms with Crippen LogP contribution < -0.4 is 4.90 Å². The fraction of sp³-hybridized carbons (Fsp3) is 0.625. The number of benzene rings is 1. The Bertz CT molecular complexity index is 419. The third kappa shape index (κ3) is 3.88. The summed E-state index contributed by atoms with van der Waals surface area (Å²) in [7, 11) is 0. The zero-order chi connectivity index (χ0) is 13.8. The van der Waals surface area contributed by atoms with Crippen molar-refractivity contribution in [1.82, 2.24) is 0 Å². The Labute approximate surface area is 130 Å². The fourth-order valence-corrected chi connectivity index (χ4v) is 3.62. The van der Waals surface area contributed by atoms with Gasteiger partial charge in [0.05, 0.1) is 0 Å². The van der Waals surface area contributed by atoms with E-state index in [1.54, 1.807) is 0 Å². The molecule has 106 valence electrons. The van der Waals surface area contributed by atoms with E-state index in [0.717, 1.165) is 29.4 Å². The van der Waals surface area contributed by atoms with Crippen molar-refractivity contribution >= 4 is 33.2 Å². The van der Waals surface area contributed by atoms with Gasteiger partial charge in [0, 0.05) is 29.1 Å². The van der Waals surface area contributed by atoms with Crippen LogP contribution in [0.3, 0.4) is 0 Å². The summed E-state index contributed by atoms with van der Waals surface area (Å²) in [5, 5.41) is 0. The lowest BCUT2D eigenvalue weighted by molar-refractivity contribution is 0.351. The van der Waals surface area contributed by atoms with Gasteiger partial charge in [0.15, 0.2) is 0 Å². The fourth-order valence-electron chi connectivity index (χ4n) is 3.00. The smallest absolute Gasteiger partial charge is 0.0494 e. The highest BCUT2D eigenvalue weighted by molar-refractivity contribution is 9.10. The largest absolute Gasteiger partial charge is 0.371 e. The van der Waals surface area contributed by atoms with Crippen molar-refractivity contribution in [2.45, 2.75) is 39.0 Å². The van der Waals surface area contributed by atoms with Crippen LogP contribution in [0.25, 0.3) is 0 Å². The first-order valence-corrected chi connectivity index (χ1v) is 8.54. The molecule has 1 aliphatic rings. The van der Waals surface area contributed by atoms with E-state index in [2.05, 4.69) is 52.9 Å². The lowest BCUT2D eigenvalue weighted by Gasteiger charge is -2.26. The topological polar surface area (TPSA) is 3.24 Å². The van der Waals surface area contributed by atoms with Crippen molar-refractivity contribution in [3.05, 3.63) is 28.2 Å². The molecule has 0 spiro atoms. The molecule has 2 rings (SSSR count). The molecule has 1 saturated heterocycles. The molecule has 1 aromatic rings. The molecule has 3 heteroatoms. The molecule has 0 saturated carbocycles. The minimum atomic E-state index is 0.582. The van der Waals surface area contributed by atoms with E-state index < -0.39 is 0 Å². The molecule has 1 nitrogen and oxygen atoms in total. The summed E-state index contributed by atoms with van der Waals surface area (Å²) < 4.78 is 1.11. The maximum atomic E-state index is 6.10. The number of rotatable bonds is 3. The summed E-state index contributed by atoms with van der Waals surface area (Å²) in [6, 6.07) is 6.47. The first-order chi connectivity index (χ1) is 9.11. The van der Waals surface area contributed by atoms with E-state index in [4.69, 9.17) is 11.6 Å². The molecule has 0 N–H and O–H groups in total. The van der Waals surface area contributed by atoms with Crippen molar-refractivity contribution < 1.29 is 0 Å². The maximum Gasteiger partial charge on any atom is 0.0494 e. The predicted molar refractivity (Wildman–Crippen MR) is 88.1 cm³/mol. The summed E-state index contributed by atoms with van der Waals surface area (Å²) in [5.74, 6) is 2.26. The van der Waals surface area contributed by atoms with Crippen molar-refractivity contribution in [2.75, 3.05) is 18.0 Å². The molecular formula is C16H23BrClN. The number of alkyl halides is 1. The van der Waals surface area contributed by atoms with Crippen molar-refractivity contribution in [3.63, 3.8) is 0 Å². The number of halogens is 2. The van der Waals surface area contributed by atoms with E-state index in [0.29, 0.717) is 5.88 Å². The summed E-state index contributed by atoms with van der Waals surface area (Å²) in [4.78, 5) is 2.52. The van der Waals surface area contributed by atoms with Crippen molar-refractivity contribution in [2.24, 2.45) is 11.8 Å². The highest BCUT2D eigenvalue weighted by atomic mass is 79.9. The molecule has 1 heterocycles. The SMILES string of the molecule is CC(C)C1CCCN(c2ccc(Br)cc2CCl)CC1. The lowest BCUT2D eigenvalue weighted by atomic mass is 9.89. The molecule has 1 fully saturated rings. The van der Waals surface area contributed by atoms with Crippen LogP contribution in [-0.2, 0) is 5.88 Å². The van der Waals surface area contributed by atoms with Gasteiger partial charge in [0.25, 0.3) is 0 Å². The van der Waals surface area contributed by atoms with Crippen LogP contribution in [0.4, 0.5) is 5.69 Å². The molecular weight excluding hydrogens is 322 g/mol. The molecule has 0 aliphatic carbocycles. The van der Waals surface area contributed by atoms with Gasteiger partial charge in [-0.25, -0.2) is 0 Å². The second-order valence-corrected chi connectivity index (χ2v) is 7.01. The lowest BCUT2D eigenvalue weighted by Crippen LogP contribution is -2.25. The van der Waals surface area contributed by atoms with E-state index in [1.165, 1.54) is 30.5 Å². The molecule has 1 aliphatic heterocycles. The van der Waals surface area contributed by atoms with E-state index >= 15 is 0 Å². The first-order valence-electron chi connectivity index (χ1n) is 7.21. The third-order valence-corrected chi connectivity index (χ3v) is 5.02. The minimum absolute atomic E-state index is 0.582. The standard InChI is InChI=1S/C16H23BrClN/c1-12(2)13-4-3-8-19(9-7-13)16-6-5-15(17)10-14(16)11-18/h5-6,10,12-13H,3-4,7-9,11H2,1-2H3. The number of hydrogen-bond donors (Lipinski definition) is 0.